The second-order valence-electron chi connectivity index (χ2n) is 7.23. The maximum absolute atomic E-state index is 11.1. The first-order chi connectivity index (χ1) is 17.4. The van der Waals surface area contributed by atoms with E-state index in [1.54, 1.807) is 0 Å². The average Bonchev–Trinajstić information content (AvgIpc) is 3.48. The maximum Gasteiger partial charge on any atom is 0.413 e. The van der Waals surface area contributed by atoms with Gasteiger partial charge in [-0.3, -0.25) is 10.6 Å². The lowest BCUT2D eigenvalue weighted by Gasteiger charge is -2.02. The molecule has 0 aliphatic rings. The third-order valence-electron chi connectivity index (χ3n) is 4.45. The monoisotopic (exact) mass is 532 g/mol. The van der Waals surface area contributed by atoms with Crippen molar-refractivity contribution in [2.75, 3.05) is 38.1 Å². The summed E-state index contributed by atoms with van der Waals surface area (Å²) >= 11 is 2.77. The van der Waals surface area contributed by atoms with Crippen molar-refractivity contribution in [1.82, 2.24) is 9.97 Å². The van der Waals surface area contributed by atoms with E-state index in [2.05, 4.69) is 43.9 Å². The Morgan fingerprint density at radius 3 is 1.53 bits per heavy atom. The fraction of sp³-hybridized carbons (Fsp3) is 0.333. The number of methoxy groups -OCH3 is 2. The molecule has 0 radical (unpaired) electrons. The summed E-state index contributed by atoms with van der Waals surface area (Å²) in [5, 5.41) is 6.13. The van der Waals surface area contributed by atoms with E-state index in [0.29, 0.717) is 23.5 Å². The Morgan fingerprint density at radius 1 is 0.750 bits per heavy atom. The van der Waals surface area contributed by atoms with Gasteiger partial charge in [-0.2, -0.15) is 0 Å². The molecule has 0 saturated carbocycles. The van der Waals surface area contributed by atoms with Crippen molar-refractivity contribution >= 4 is 65.6 Å². The highest BCUT2D eigenvalue weighted by atomic mass is 32.1. The van der Waals surface area contributed by atoms with E-state index >= 15 is 0 Å². The van der Waals surface area contributed by atoms with E-state index in [9.17, 15) is 9.59 Å². The van der Waals surface area contributed by atoms with Gasteiger partial charge in [0.1, 0.15) is 11.5 Å². The topological polar surface area (TPSA) is 121 Å². The van der Waals surface area contributed by atoms with Crippen molar-refractivity contribution in [3.05, 3.63) is 36.4 Å². The van der Waals surface area contributed by atoms with E-state index in [4.69, 9.17) is 9.47 Å². The predicted molar refractivity (Wildman–Crippen MR) is 143 cm³/mol. The number of carbonyl (C=O) groups excluding carboxylic acids is 2. The highest BCUT2D eigenvalue weighted by Gasteiger charge is 2.09. The van der Waals surface area contributed by atoms with Gasteiger partial charge in [-0.15, -0.1) is 0 Å². The number of carbonyl (C=O) groups is 2. The number of aromatic nitrogens is 2. The second-order valence-corrected chi connectivity index (χ2v) is 9.29. The number of nitrogens with one attached hydrogen (secondary N) is 2. The third kappa shape index (κ3) is 7.68. The van der Waals surface area contributed by atoms with Gasteiger partial charge in [0, 0.05) is 0 Å². The number of thiazole rings is 2. The summed E-state index contributed by atoms with van der Waals surface area (Å²) in [6.45, 7) is 5.50. The van der Waals surface area contributed by atoms with Crippen LogP contribution in [0.1, 0.15) is 26.7 Å². The molecule has 4 aromatic rings. The van der Waals surface area contributed by atoms with Crippen LogP contribution in [0.5, 0.6) is 11.5 Å². The molecule has 2 heterocycles. The van der Waals surface area contributed by atoms with Gasteiger partial charge < -0.3 is 18.9 Å². The standard InChI is InChI=1S/2C12H14N2O3S/c2*1-3-6-17-8-4-5-9-10(7-8)18-11(13-9)14-12(15)16-2/h2*4-5,7H,3,6H2,1-2H3,(H,13,14,15). The molecule has 4 rings (SSSR count). The van der Waals surface area contributed by atoms with E-state index in [1.807, 2.05) is 36.4 Å². The Morgan fingerprint density at radius 2 is 1.17 bits per heavy atom. The molecule has 2 aromatic heterocycles. The fourth-order valence-electron chi connectivity index (χ4n) is 2.81. The zero-order valence-electron chi connectivity index (χ0n) is 20.5. The zero-order chi connectivity index (χ0) is 25.9. The van der Waals surface area contributed by atoms with Crippen LogP contribution < -0.4 is 20.1 Å². The van der Waals surface area contributed by atoms with Crippen LogP contribution >= 0.6 is 22.7 Å². The summed E-state index contributed by atoms with van der Waals surface area (Å²) in [5.74, 6) is 1.63. The van der Waals surface area contributed by atoms with Crippen LogP contribution in [0.25, 0.3) is 20.4 Å². The summed E-state index contributed by atoms with van der Waals surface area (Å²) in [5.41, 5.74) is 1.66. The SMILES string of the molecule is CCCOc1ccc2nc(NC(=O)OC)sc2c1.CCCOc1ccc2nc(NC(=O)OC)sc2c1. The van der Waals surface area contributed by atoms with Crippen LogP contribution in [0, 0.1) is 0 Å². The van der Waals surface area contributed by atoms with Gasteiger partial charge in [-0.25, -0.2) is 19.6 Å². The molecule has 2 N–H and O–H groups in total. The largest absolute Gasteiger partial charge is 0.494 e. The molecule has 0 unspecified atom stereocenters. The van der Waals surface area contributed by atoms with E-state index in [0.717, 1.165) is 44.8 Å². The predicted octanol–water partition coefficient (Wildman–Crippen LogP) is 6.53. The summed E-state index contributed by atoms with van der Waals surface area (Å²) in [6.07, 6.45) is 0.902. The normalized spacial score (nSPS) is 10.3. The van der Waals surface area contributed by atoms with Crippen LogP contribution in [0.2, 0.25) is 0 Å². The maximum atomic E-state index is 11.1. The van der Waals surface area contributed by atoms with E-state index in [1.165, 1.54) is 36.9 Å². The summed E-state index contributed by atoms with van der Waals surface area (Å²) in [7, 11) is 2.64. The molecule has 2 aromatic carbocycles. The minimum Gasteiger partial charge on any atom is -0.494 e. The molecule has 0 bridgehead atoms. The van der Waals surface area contributed by atoms with Crippen LogP contribution in [0.3, 0.4) is 0 Å². The molecule has 0 saturated heterocycles. The summed E-state index contributed by atoms with van der Waals surface area (Å²) in [4.78, 5) is 30.7. The molecule has 0 aliphatic heterocycles. The molecule has 36 heavy (non-hydrogen) atoms. The summed E-state index contributed by atoms with van der Waals surface area (Å²) < 4.78 is 22.1. The molecule has 10 nitrogen and oxygen atoms in total. The number of rotatable bonds is 8. The first kappa shape index (κ1) is 27.0. The Hall–Kier alpha value is -3.64. The number of nitrogens with zero attached hydrogens (tertiary/aromatic N) is 2. The number of amides is 2. The van der Waals surface area contributed by atoms with Crippen LogP contribution in [0.15, 0.2) is 36.4 Å². The van der Waals surface area contributed by atoms with E-state index in [-0.39, 0.29) is 0 Å². The lowest BCUT2D eigenvalue weighted by atomic mass is 10.3. The molecule has 0 spiro atoms. The number of anilines is 2. The van der Waals surface area contributed by atoms with Gasteiger partial charge in [0.2, 0.25) is 0 Å². The zero-order valence-corrected chi connectivity index (χ0v) is 22.1. The second kappa shape index (κ2) is 13.4. The highest BCUT2D eigenvalue weighted by Crippen LogP contribution is 2.30. The Bertz CT molecular complexity index is 1210. The number of hydrogen-bond acceptors (Lipinski definition) is 10. The molecule has 0 atom stereocenters. The highest BCUT2D eigenvalue weighted by molar-refractivity contribution is 7.22. The molecule has 192 valence electrons. The minimum absolute atomic E-state index is 0.517. The minimum atomic E-state index is -0.517. The number of benzene rings is 2. The lowest BCUT2D eigenvalue weighted by Crippen LogP contribution is -2.10. The number of hydrogen-bond donors (Lipinski definition) is 2. The van der Waals surface area contributed by atoms with Crippen LogP contribution in [-0.2, 0) is 9.47 Å². The first-order valence-corrected chi connectivity index (χ1v) is 12.9. The Balaban J connectivity index is 0.000000201. The van der Waals surface area contributed by atoms with Gasteiger partial charge in [-0.05, 0) is 49.2 Å². The van der Waals surface area contributed by atoms with Crippen molar-refractivity contribution < 1.29 is 28.5 Å². The van der Waals surface area contributed by atoms with Gasteiger partial charge >= 0.3 is 12.2 Å². The fourth-order valence-corrected chi connectivity index (χ4v) is 4.57. The van der Waals surface area contributed by atoms with Crippen molar-refractivity contribution in [2.45, 2.75) is 26.7 Å². The quantitative estimate of drug-likeness (QED) is 0.263. The molecule has 0 aliphatic carbocycles. The molecular formula is C24H28N4O6S2. The van der Waals surface area contributed by atoms with Crippen molar-refractivity contribution in [3.63, 3.8) is 0 Å². The van der Waals surface area contributed by atoms with Gasteiger partial charge in [0.05, 0.1) is 47.9 Å². The van der Waals surface area contributed by atoms with Crippen molar-refractivity contribution in [3.8, 4) is 11.5 Å². The van der Waals surface area contributed by atoms with Crippen LogP contribution in [-0.4, -0.2) is 49.6 Å². The smallest absolute Gasteiger partial charge is 0.413 e. The van der Waals surface area contributed by atoms with Crippen molar-refractivity contribution in [2.24, 2.45) is 0 Å². The summed E-state index contributed by atoms with van der Waals surface area (Å²) in [6, 6.07) is 11.3. The van der Waals surface area contributed by atoms with Crippen LogP contribution in [0.4, 0.5) is 19.9 Å². The first-order valence-electron chi connectivity index (χ1n) is 11.2. The van der Waals surface area contributed by atoms with E-state index < -0.39 is 12.2 Å². The van der Waals surface area contributed by atoms with Gasteiger partial charge in [0.25, 0.3) is 0 Å². The third-order valence-corrected chi connectivity index (χ3v) is 6.32. The molecule has 2 amide bonds. The Kier molecular flexibility index (Phi) is 10.1. The van der Waals surface area contributed by atoms with Crippen molar-refractivity contribution in [1.29, 1.82) is 0 Å². The molecule has 0 fully saturated rings. The molecule has 12 heteroatoms. The molecular weight excluding hydrogens is 504 g/mol. The number of ether oxygens (including phenoxy) is 4. The number of fused-ring (bicyclic) bond motifs is 2. The Labute approximate surface area is 216 Å². The lowest BCUT2D eigenvalue weighted by molar-refractivity contribution is 0.186. The van der Waals surface area contributed by atoms with Gasteiger partial charge in [0.15, 0.2) is 10.3 Å². The average molecular weight is 533 g/mol. The van der Waals surface area contributed by atoms with Gasteiger partial charge in [-0.1, -0.05) is 36.5 Å².